The summed E-state index contributed by atoms with van der Waals surface area (Å²) in [5.41, 5.74) is 5.33. The van der Waals surface area contributed by atoms with Crippen molar-refractivity contribution in [2.45, 2.75) is 38.1 Å². The van der Waals surface area contributed by atoms with Crippen LogP contribution in [0, 0.1) is 17.2 Å². The Balaban J connectivity index is 2.65. The van der Waals surface area contributed by atoms with Gasteiger partial charge in [0.25, 0.3) is 0 Å². The molecule has 2 unspecified atom stereocenters. The smallest absolute Gasteiger partial charge is 0.106 e. The Kier molecular flexibility index (Phi) is 1.96. The van der Waals surface area contributed by atoms with Crippen LogP contribution in [0.15, 0.2) is 0 Å². The first-order valence-electron chi connectivity index (χ1n) is 3.89. The van der Waals surface area contributed by atoms with E-state index in [-0.39, 0.29) is 0 Å². The van der Waals surface area contributed by atoms with E-state index in [0.29, 0.717) is 5.92 Å². The van der Waals surface area contributed by atoms with Crippen molar-refractivity contribution < 1.29 is 0 Å². The molecule has 1 aliphatic carbocycles. The van der Waals surface area contributed by atoms with E-state index in [2.05, 4.69) is 13.0 Å². The van der Waals surface area contributed by atoms with Gasteiger partial charge in [-0.2, -0.15) is 5.26 Å². The van der Waals surface area contributed by atoms with Crippen LogP contribution in [-0.2, 0) is 0 Å². The minimum atomic E-state index is -0.516. The van der Waals surface area contributed by atoms with Crippen molar-refractivity contribution in [1.29, 1.82) is 5.26 Å². The maximum atomic E-state index is 8.75. The third kappa shape index (κ3) is 1.15. The monoisotopic (exact) mass is 138 g/mol. The van der Waals surface area contributed by atoms with E-state index in [1.54, 1.807) is 0 Å². The van der Waals surface area contributed by atoms with Gasteiger partial charge in [0, 0.05) is 0 Å². The Morgan fingerprint density at radius 1 is 1.60 bits per heavy atom. The lowest BCUT2D eigenvalue weighted by molar-refractivity contribution is 0.265. The third-order valence-corrected chi connectivity index (χ3v) is 2.57. The minimum Gasteiger partial charge on any atom is -0.313 e. The molecule has 0 saturated heterocycles. The Labute approximate surface area is 62.0 Å². The molecule has 10 heavy (non-hydrogen) atoms. The summed E-state index contributed by atoms with van der Waals surface area (Å²) in [6.07, 6.45) is 4.35. The van der Waals surface area contributed by atoms with E-state index in [9.17, 15) is 0 Å². The van der Waals surface area contributed by atoms with Crippen molar-refractivity contribution in [2.24, 2.45) is 11.7 Å². The maximum absolute atomic E-state index is 8.75. The van der Waals surface area contributed by atoms with Crippen LogP contribution in [0.25, 0.3) is 0 Å². The molecule has 1 fully saturated rings. The number of nitriles is 1. The van der Waals surface area contributed by atoms with Gasteiger partial charge in [-0.15, -0.1) is 0 Å². The van der Waals surface area contributed by atoms with Crippen LogP contribution in [0.1, 0.15) is 32.6 Å². The van der Waals surface area contributed by atoms with Crippen LogP contribution >= 0.6 is 0 Å². The third-order valence-electron chi connectivity index (χ3n) is 2.57. The van der Waals surface area contributed by atoms with Gasteiger partial charge in [0.2, 0.25) is 0 Å². The number of nitrogens with two attached hydrogens (primary N) is 1. The van der Waals surface area contributed by atoms with Gasteiger partial charge in [0.1, 0.15) is 5.54 Å². The van der Waals surface area contributed by atoms with Crippen LogP contribution in [0.2, 0.25) is 0 Å². The van der Waals surface area contributed by atoms with Gasteiger partial charge in [0.15, 0.2) is 0 Å². The lowest BCUT2D eigenvalue weighted by atomic mass is 9.75. The minimum absolute atomic E-state index is 0.381. The average molecular weight is 138 g/mol. The summed E-state index contributed by atoms with van der Waals surface area (Å²) < 4.78 is 0. The maximum Gasteiger partial charge on any atom is 0.106 e. The Morgan fingerprint density at radius 2 is 2.30 bits per heavy atom. The van der Waals surface area contributed by atoms with Crippen molar-refractivity contribution in [3.05, 3.63) is 0 Å². The van der Waals surface area contributed by atoms with E-state index < -0.39 is 5.54 Å². The van der Waals surface area contributed by atoms with Crippen LogP contribution in [0.3, 0.4) is 0 Å². The van der Waals surface area contributed by atoms with Gasteiger partial charge in [0.05, 0.1) is 6.07 Å². The summed E-state index contributed by atoms with van der Waals surface area (Å²) in [6, 6.07) is 2.21. The fraction of sp³-hybridized carbons (Fsp3) is 0.875. The number of hydrogen-bond acceptors (Lipinski definition) is 2. The predicted octanol–water partition coefficient (Wildman–Crippen LogP) is 1.42. The highest BCUT2D eigenvalue weighted by atomic mass is 14.8. The molecule has 0 aromatic rings. The zero-order valence-electron chi connectivity index (χ0n) is 6.43. The first-order valence-corrected chi connectivity index (χ1v) is 3.89. The van der Waals surface area contributed by atoms with Gasteiger partial charge in [-0.1, -0.05) is 19.8 Å². The molecule has 0 heterocycles. The van der Waals surface area contributed by atoms with Crippen LogP contribution in [0.5, 0.6) is 0 Å². The van der Waals surface area contributed by atoms with Crippen molar-refractivity contribution in [2.75, 3.05) is 0 Å². The lowest BCUT2D eigenvalue weighted by Crippen LogP contribution is -2.46. The van der Waals surface area contributed by atoms with E-state index >= 15 is 0 Å². The molecule has 0 aliphatic heterocycles. The van der Waals surface area contributed by atoms with Crippen molar-refractivity contribution in [1.82, 2.24) is 0 Å². The van der Waals surface area contributed by atoms with E-state index in [1.165, 1.54) is 6.42 Å². The first-order chi connectivity index (χ1) is 4.69. The van der Waals surface area contributed by atoms with Crippen molar-refractivity contribution in [3.63, 3.8) is 0 Å². The van der Waals surface area contributed by atoms with Gasteiger partial charge < -0.3 is 5.73 Å². The van der Waals surface area contributed by atoms with Gasteiger partial charge in [-0.05, 0) is 18.8 Å². The SMILES string of the molecule is CC1CCCCC1(N)C#N. The fourth-order valence-corrected chi connectivity index (χ4v) is 1.54. The molecule has 56 valence electrons. The highest BCUT2D eigenvalue weighted by Crippen LogP contribution is 2.30. The summed E-state index contributed by atoms with van der Waals surface area (Å²) in [6.45, 7) is 2.07. The molecule has 0 spiro atoms. The van der Waals surface area contributed by atoms with E-state index in [0.717, 1.165) is 19.3 Å². The van der Waals surface area contributed by atoms with E-state index in [4.69, 9.17) is 11.0 Å². The van der Waals surface area contributed by atoms with Gasteiger partial charge in [-0.3, -0.25) is 0 Å². The molecule has 2 N–H and O–H groups in total. The van der Waals surface area contributed by atoms with Crippen LogP contribution in [0.4, 0.5) is 0 Å². The fourth-order valence-electron chi connectivity index (χ4n) is 1.54. The molecular weight excluding hydrogens is 124 g/mol. The second kappa shape index (κ2) is 2.59. The Hall–Kier alpha value is -0.550. The highest BCUT2D eigenvalue weighted by Gasteiger charge is 2.33. The molecule has 0 radical (unpaired) electrons. The molecule has 2 atom stereocenters. The Morgan fingerprint density at radius 3 is 2.70 bits per heavy atom. The summed E-state index contributed by atoms with van der Waals surface area (Å²) in [5, 5.41) is 8.75. The normalized spacial score (nSPS) is 40.7. The summed E-state index contributed by atoms with van der Waals surface area (Å²) in [7, 11) is 0. The zero-order chi connectivity index (χ0) is 7.61. The standard InChI is InChI=1S/C8H14N2/c1-7-4-2-3-5-8(7,10)6-9/h7H,2-5,10H2,1H3. The second-order valence-electron chi connectivity index (χ2n) is 3.30. The molecule has 1 rings (SSSR count). The van der Waals surface area contributed by atoms with Crippen molar-refractivity contribution >= 4 is 0 Å². The predicted molar refractivity (Wildman–Crippen MR) is 40.2 cm³/mol. The quantitative estimate of drug-likeness (QED) is 0.550. The van der Waals surface area contributed by atoms with Crippen LogP contribution < -0.4 is 5.73 Å². The average Bonchev–Trinajstić information content (AvgIpc) is 1.96. The number of rotatable bonds is 0. The molecule has 2 heteroatoms. The molecule has 1 aliphatic rings. The van der Waals surface area contributed by atoms with Gasteiger partial charge in [-0.25, -0.2) is 0 Å². The summed E-state index contributed by atoms with van der Waals surface area (Å²) in [5.74, 6) is 0.381. The topological polar surface area (TPSA) is 49.8 Å². The summed E-state index contributed by atoms with van der Waals surface area (Å²) >= 11 is 0. The van der Waals surface area contributed by atoms with Crippen LogP contribution in [-0.4, -0.2) is 5.54 Å². The molecule has 0 bridgehead atoms. The van der Waals surface area contributed by atoms with E-state index in [1.807, 2.05) is 0 Å². The lowest BCUT2D eigenvalue weighted by Gasteiger charge is -2.32. The summed E-state index contributed by atoms with van der Waals surface area (Å²) in [4.78, 5) is 0. The van der Waals surface area contributed by atoms with Gasteiger partial charge >= 0.3 is 0 Å². The zero-order valence-corrected chi connectivity index (χ0v) is 6.43. The molecule has 0 amide bonds. The first kappa shape index (κ1) is 7.56. The number of nitrogens with zero attached hydrogens (tertiary/aromatic N) is 1. The van der Waals surface area contributed by atoms with Crippen molar-refractivity contribution in [3.8, 4) is 6.07 Å². The molecule has 0 aromatic heterocycles. The number of hydrogen-bond donors (Lipinski definition) is 1. The molecule has 1 saturated carbocycles. The second-order valence-corrected chi connectivity index (χ2v) is 3.30. The largest absolute Gasteiger partial charge is 0.313 e. The molecule has 2 nitrogen and oxygen atoms in total. The Bertz CT molecular complexity index is 159. The highest BCUT2D eigenvalue weighted by molar-refractivity contribution is 5.08. The molecular formula is C8H14N2. The molecule has 0 aromatic carbocycles.